The van der Waals surface area contributed by atoms with E-state index >= 15 is 0 Å². The lowest BCUT2D eigenvalue weighted by Crippen LogP contribution is -2.15. The average molecular weight is 423 g/mol. The minimum Gasteiger partial charge on any atom is -0.0917 e. The van der Waals surface area contributed by atoms with Crippen molar-refractivity contribution in [1.82, 2.24) is 0 Å². The highest BCUT2D eigenvalue weighted by Crippen LogP contribution is 2.40. The minimum atomic E-state index is 0.673. The van der Waals surface area contributed by atoms with Crippen molar-refractivity contribution in [3.8, 4) is 11.1 Å². The average Bonchev–Trinajstić information content (AvgIpc) is 2.86. The van der Waals surface area contributed by atoms with E-state index in [0.29, 0.717) is 5.92 Å². The van der Waals surface area contributed by atoms with Crippen molar-refractivity contribution < 1.29 is 0 Å². The summed E-state index contributed by atoms with van der Waals surface area (Å²) >= 11 is 0. The Balaban J connectivity index is 1.29. The summed E-state index contributed by atoms with van der Waals surface area (Å²) in [7, 11) is 0. The molecule has 0 heteroatoms. The molecule has 0 nitrogen and oxygen atoms in total. The van der Waals surface area contributed by atoms with E-state index in [9.17, 15) is 0 Å². The van der Waals surface area contributed by atoms with Gasteiger partial charge < -0.3 is 0 Å². The number of allylic oxidation sites excluding steroid dienone is 2. The number of hydrogen-bond donors (Lipinski definition) is 0. The molecule has 1 atom stereocenters. The van der Waals surface area contributed by atoms with Crippen molar-refractivity contribution in [3.63, 3.8) is 0 Å². The third kappa shape index (κ3) is 6.00. The Labute approximate surface area is 195 Å². The molecule has 1 aliphatic rings. The fourth-order valence-electron chi connectivity index (χ4n) is 5.38. The summed E-state index contributed by atoms with van der Waals surface area (Å²) < 4.78 is 0. The van der Waals surface area contributed by atoms with Crippen LogP contribution in [-0.2, 0) is 6.42 Å². The van der Waals surface area contributed by atoms with Crippen LogP contribution in [0.15, 0.2) is 91.0 Å². The van der Waals surface area contributed by atoms with Crippen LogP contribution in [-0.4, -0.2) is 0 Å². The first-order valence-electron chi connectivity index (χ1n) is 12.6. The summed E-state index contributed by atoms with van der Waals surface area (Å²) in [5.41, 5.74) is 7.10. The highest BCUT2D eigenvalue weighted by atomic mass is 14.3. The second-order valence-corrected chi connectivity index (χ2v) is 9.69. The minimum absolute atomic E-state index is 0.673. The van der Waals surface area contributed by atoms with Crippen molar-refractivity contribution >= 4 is 0 Å². The van der Waals surface area contributed by atoms with E-state index in [2.05, 4.69) is 105 Å². The van der Waals surface area contributed by atoms with Gasteiger partial charge in [-0.15, -0.1) is 0 Å². The molecule has 0 N–H and O–H groups in total. The molecule has 3 aromatic carbocycles. The van der Waals surface area contributed by atoms with Crippen LogP contribution in [0.3, 0.4) is 0 Å². The van der Waals surface area contributed by atoms with Gasteiger partial charge in [0.05, 0.1) is 0 Å². The first-order chi connectivity index (χ1) is 15.7. The zero-order valence-corrected chi connectivity index (χ0v) is 19.8. The van der Waals surface area contributed by atoms with Crippen molar-refractivity contribution in [3.05, 3.63) is 108 Å². The van der Waals surface area contributed by atoms with Crippen LogP contribution in [0.25, 0.3) is 11.1 Å². The molecule has 32 heavy (non-hydrogen) atoms. The summed E-state index contributed by atoms with van der Waals surface area (Å²) in [6.07, 6.45) is 13.4. The van der Waals surface area contributed by atoms with Crippen LogP contribution >= 0.6 is 0 Å². The van der Waals surface area contributed by atoms with Crippen LogP contribution in [0.2, 0.25) is 0 Å². The Bertz CT molecular complexity index is 955. The fraction of sp³-hybridized carbons (Fsp3) is 0.375. The van der Waals surface area contributed by atoms with Gasteiger partial charge in [-0.2, -0.15) is 0 Å². The number of rotatable bonds is 8. The molecule has 4 rings (SSSR count). The zero-order chi connectivity index (χ0) is 22.2. The summed E-state index contributed by atoms with van der Waals surface area (Å²) in [6, 6.07) is 29.6. The second-order valence-electron chi connectivity index (χ2n) is 9.69. The van der Waals surface area contributed by atoms with Crippen LogP contribution in [0.1, 0.15) is 80.9 Å². The molecule has 166 valence electrons. The molecule has 1 saturated carbocycles. The maximum absolute atomic E-state index is 2.40. The molecule has 0 saturated heterocycles. The highest BCUT2D eigenvalue weighted by Gasteiger charge is 2.24. The SMILES string of the molecule is C/C=C/CCc1ccc(-c2ccc(C3CCC(CC(C)c4ccccc4)CC3)cc2)cc1. The molecule has 0 aliphatic heterocycles. The van der Waals surface area contributed by atoms with Crippen molar-refractivity contribution in [2.24, 2.45) is 5.92 Å². The van der Waals surface area contributed by atoms with Crippen molar-refractivity contribution in [1.29, 1.82) is 0 Å². The summed E-state index contributed by atoms with van der Waals surface area (Å²) in [5, 5.41) is 0. The molecule has 1 unspecified atom stereocenters. The van der Waals surface area contributed by atoms with E-state index in [1.54, 1.807) is 0 Å². The predicted molar refractivity (Wildman–Crippen MR) is 139 cm³/mol. The van der Waals surface area contributed by atoms with Crippen LogP contribution in [0.4, 0.5) is 0 Å². The lowest BCUT2D eigenvalue weighted by atomic mass is 9.75. The molecule has 0 radical (unpaired) electrons. The molecule has 3 aromatic rings. The third-order valence-corrected chi connectivity index (χ3v) is 7.41. The van der Waals surface area contributed by atoms with Gasteiger partial charge >= 0.3 is 0 Å². The Hall–Kier alpha value is -2.60. The van der Waals surface area contributed by atoms with Gasteiger partial charge in [0, 0.05) is 0 Å². The van der Waals surface area contributed by atoms with E-state index in [-0.39, 0.29) is 0 Å². The quantitative estimate of drug-likeness (QED) is 0.317. The predicted octanol–water partition coefficient (Wildman–Crippen LogP) is 9.33. The third-order valence-electron chi connectivity index (χ3n) is 7.41. The first-order valence-corrected chi connectivity index (χ1v) is 12.6. The molecule has 1 fully saturated rings. The Morgan fingerprint density at radius 2 is 1.41 bits per heavy atom. The maximum Gasteiger partial charge on any atom is -0.0162 e. The Morgan fingerprint density at radius 3 is 2.03 bits per heavy atom. The van der Waals surface area contributed by atoms with Gasteiger partial charge in [0.25, 0.3) is 0 Å². The largest absolute Gasteiger partial charge is 0.0917 e. The highest BCUT2D eigenvalue weighted by molar-refractivity contribution is 5.64. The molecule has 0 aromatic heterocycles. The van der Waals surface area contributed by atoms with Gasteiger partial charge in [0.2, 0.25) is 0 Å². The van der Waals surface area contributed by atoms with Gasteiger partial charge in [-0.1, -0.05) is 97.9 Å². The molecule has 0 spiro atoms. The van der Waals surface area contributed by atoms with Gasteiger partial charge in [0.1, 0.15) is 0 Å². The van der Waals surface area contributed by atoms with Crippen molar-refractivity contribution in [2.45, 2.75) is 70.6 Å². The van der Waals surface area contributed by atoms with E-state index in [1.165, 1.54) is 59.9 Å². The van der Waals surface area contributed by atoms with Gasteiger partial charge in [-0.25, -0.2) is 0 Å². The normalized spacial score (nSPS) is 19.8. The molecular weight excluding hydrogens is 384 g/mol. The Morgan fingerprint density at radius 1 is 0.781 bits per heavy atom. The fourth-order valence-corrected chi connectivity index (χ4v) is 5.38. The molecule has 0 amide bonds. The van der Waals surface area contributed by atoms with Crippen molar-refractivity contribution in [2.75, 3.05) is 0 Å². The summed E-state index contributed by atoms with van der Waals surface area (Å²) in [5.74, 6) is 2.29. The monoisotopic (exact) mass is 422 g/mol. The summed E-state index contributed by atoms with van der Waals surface area (Å²) in [6.45, 7) is 4.49. The molecular formula is C32H38. The first kappa shape index (κ1) is 22.6. The van der Waals surface area contributed by atoms with Gasteiger partial charge in [0.15, 0.2) is 0 Å². The zero-order valence-electron chi connectivity index (χ0n) is 19.8. The molecule has 1 aliphatic carbocycles. The van der Waals surface area contributed by atoms with Crippen LogP contribution in [0, 0.1) is 5.92 Å². The summed E-state index contributed by atoms with van der Waals surface area (Å²) in [4.78, 5) is 0. The number of aryl methyl sites for hydroxylation is 1. The smallest absolute Gasteiger partial charge is 0.0162 e. The van der Waals surface area contributed by atoms with E-state index < -0.39 is 0 Å². The molecule has 0 heterocycles. The standard InChI is InChI=1S/C32H38/c1-3-4-6-9-26-12-16-29(17-13-26)31-20-22-32(23-21-31)30-18-14-27(15-19-30)24-25(2)28-10-7-5-8-11-28/h3-5,7-8,10-13,16-17,20-23,25,27,30H,6,9,14-15,18-19,24H2,1-2H3/b4-3+. The van der Waals surface area contributed by atoms with Crippen LogP contribution in [0.5, 0.6) is 0 Å². The van der Waals surface area contributed by atoms with Crippen LogP contribution < -0.4 is 0 Å². The van der Waals surface area contributed by atoms with Gasteiger partial charge in [-0.3, -0.25) is 0 Å². The maximum atomic E-state index is 2.40. The number of benzene rings is 3. The van der Waals surface area contributed by atoms with E-state index in [1.807, 2.05) is 0 Å². The topological polar surface area (TPSA) is 0 Å². The second kappa shape index (κ2) is 11.3. The van der Waals surface area contributed by atoms with E-state index in [0.717, 1.165) is 24.7 Å². The lowest BCUT2D eigenvalue weighted by molar-refractivity contribution is 0.297. The Kier molecular flexibility index (Phi) is 7.99. The lowest BCUT2D eigenvalue weighted by Gasteiger charge is -2.30. The van der Waals surface area contributed by atoms with Gasteiger partial charge in [-0.05, 0) is 97.4 Å². The molecule has 0 bridgehead atoms. The number of hydrogen-bond acceptors (Lipinski definition) is 0. The van der Waals surface area contributed by atoms with E-state index in [4.69, 9.17) is 0 Å².